The molecule has 1 aromatic carbocycles. The van der Waals surface area contributed by atoms with Crippen molar-refractivity contribution < 1.29 is 4.79 Å². The summed E-state index contributed by atoms with van der Waals surface area (Å²) in [7, 11) is 0. The Morgan fingerprint density at radius 1 is 1.19 bits per heavy atom. The Balaban J connectivity index is 1.42. The fourth-order valence-corrected chi connectivity index (χ4v) is 4.05. The van der Waals surface area contributed by atoms with Crippen LogP contribution in [-0.2, 0) is 17.8 Å². The monoisotopic (exact) mass is 370 g/mol. The first-order valence-electron chi connectivity index (χ1n) is 10.7. The lowest BCUT2D eigenvalue weighted by Gasteiger charge is -2.29. The molecule has 0 atom stereocenters. The highest BCUT2D eigenvalue weighted by Crippen LogP contribution is 2.19. The first kappa shape index (κ1) is 19.7. The first-order chi connectivity index (χ1) is 13.3. The molecule has 0 bridgehead atoms. The number of aliphatic imine (C=N–C) groups is 1. The van der Waals surface area contributed by atoms with Gasteiger partial charge in [-0.15, -0.1) is 0 Å². The van der Waals surface area contributed by atoms with Crippen LogP contribution in [0, 0.1) is 0 Å². The lowest BCUT2D eigenvalue weighted by atomic mass is 9.96. The van der Waals surface area contributed by atoms with E-state index in [1.807, 2.05) is 4.90 Å². The van der Waals surface area contributed by atoms with Crippen molar-refractivity contribution in [1.29, 1.82) is 0 Å². The number of nitrogens with one attached hydrogen (secondary N) is 2. The summed E-state index contributed by atoms with van der Waals surface area (Å²) in [6, 6.07) is 9.00. The zero-order chi connectivity index (χ0) is 18.9. The maximum absolute atomic E-state index is 12.5. The second-order valence-electron chi connectivity index (χ2n) is 7.68. The highest BCUT2D eigenvalue weighted by molar-refractivity contribution is 5.80. The summed E-state index contributed by atoms with van der Waals surface area (Å²) in [6.45, 7) is 5.24. The van der Waals surface area contributed by atoms with Gasteiger partial charge in [-0.1, -0.05) is 43.5 Å². The van der Waals surface area contributed by atoms with Gasteiger partial charge in [0.2, 0.25) is 5.91 Å². The highest BCUT2D eigenvalue weighted by atomic mass is 16.2. The molecule has 1 fully saturated rings. The number of amides is 1. The van der Waals surface area contributed by atoms with Gasteiger partial charge in [0.15, 0.2) is 5.96 Å². The molecule has 0 spiro atoms. The lowest BCUT2D eigenvalue weighted by molar-refractivity contribution is -0.132. The van der Waals surface area contributed by atoms with E-state index >= 15 is 0 Å². The minimum absolute atomic E-state index is 0.255. The Morgan fingerprint density at radius 3 is 2.74 bits per heavy atom. The smallest absolute Gasteiger partial charge is 0.222 e. The average Bonchev–Trinajstić information content (AvgIpc) is 2.71. The summed E-state index contributed by atoms with van der Waals surface area (Å²) in [5, 5.41) is 6.90. The van der Waals surface area contributed by atoms with Crippen molar-refractivity contribution in [2.45, 2.75) is 70.9 Å². The van der Waals surface area contributed by atoms with Gasteiger partial charge in [0, 0.05) is 38.6 Å². The van der Waals surface area contributed by atoms with E-state index < -0.39 is 0 Å². The van der Waals surface area contributed by atoms with Crippen LogP contribution in [0.4, 0.5) is 0 Å². The molecule has 1 aliphatic heterocycles. The molecule has 3 rings (SSSR count). The number of hydrogen-bond donors (Lipinski definition) is 2. The SMILES string of the molecule is CCNC(=NCCCC(=O)N1CCc2ccccc2C1)NC1CCCCC1. The number of hydrogen-bond acceptors (Lipinski definition) is 2. The highest BCUT2D eigenvalue weighted by Gasteiger charge is 2.19. The fraction of sp³-hybridized carbons (Fsp3) is 0.636. The molecule has 2 aliphatic rings. The number of benzene rings is 1. The second-order valence-corrected chi connectivity index (χ2v) is 7.68. The molecule has 0 saturated heterocycles. The minimum atomic E-state index is 0.255. The number of carbonyl (C=O) groups excluding carboxylic acids is 1. The van der Waals surface area contributed by atoms with Crippen molar-refractivity contribution in [2.75, 3.05) is 19.6 Å². The molecule has 1 aromatic rings. The van der Waals surface area contributed by atoms with Crippen molar-refractivity contribution in [1.82, 2.24) is 15.5 Å². The van der Waals surface area contributed by atoms with Crippen LogP contribution < -0.4 is 10.6 Å². The third-order valence-corrected chi connectivity index (χ3v) is 5.59. The largest absolute Gasteiger partial charge is 0.357 e. The first-order valence-corrected chi connectivity index (χ1v) is 10.7. The quantitative estimate of drug-likeness (QED) is 0.459. The van der Waals surface area contributed by atoms with Crippen molar-refractivity contribution in [3.8, 4) is 0 Å². The molecule has 0 unspecified atom stereocenters. The van der Waals surface area contributed by atoms with Gasteiger partial charge >= 0.3 is 0 Å². The van der Waals surface area contributed by atoms with Crippen molar-refractivity contribution in [3.05, 3.63) is 35.4 Å². The maximum Gasteiger partial charge on any atom is 0.222 e. The Morgan fingerprint density at radius 2 is 1.96 bits per heavy atom. The Kier molecular flexibility index (Phi) is 7.55. The summed E-state index contributed by atoms with van der Waals surface area (Å²) in [5.41, 5.74) is 2.68. The molecule has 1 saturated carbocycles. The summed E-state index contributed by atoms with van der Waals surface area (Å²) >= 11 is 0. The van der Waals surface area contributed by atoms with Crippen LogP contribution >= 0.6 is 0 Å². The zero-order valence-corrected chi connectivity index (χ0v) is 16.7. The van der Waals surface area contributed by atoms with Crippen LogP contribution in [0.25, 0.3) is 0 Å². The van der Waals surface area contributed by atoms with Crippen LogP contribution in [0.5, 0.6) is 0 Å². The molecule has 1 amide bonds. The molecule has 1 heterocycles. The Bertz CT molecular complexity index is 637. The van der Waals surface area contributed by atoms with Gasteiger partial charge in [-0.2, -0.15) is 0 Å². The molecule has 5 nitrogen and oxygen atoms in total. The number of carbonyl (C=O) groups is 1. The van der Waals surface area contributed by atoms with E-state index in [0.717, 1.165) is 38.4 Å². The fourth-order valence-electron chi connectivity index (χ4n) is 4.05. The molecule has 148 valence electrons. The van der Waals surface area contributed by atoms with Gasteiger partial charge in [0.25, 0.3) is 0 Å². The van der Waals surface area contributed by atoms with Crippen molar-refractivity contribution in [3.63, 3.8) is 0 Å². The summed E-state index contributed by atoms with van der Waals surface area (Å²) in [5.74, 6) is 1.16. The van der Waals surface area contributed by atoms with Crippen molar-refractivity contribution in [2.24, 2.45) is 4.99 Å². The van der Waals surface area contributed by atoms with E-state index in [0.29, 0.717) is 19.0 Å². The standard InChI is InChI=1S/C22H34N4O/c1-2-23-22(25-20-11-4-3-5-12-20)24-15-8-13-21(27)26-16-14-18-9-6-7-10-19(18)17-26/h6-7,9-10,20H,2-5,8,11-17H2,1H3,(H2,23,24,25). The van der Waals surface area contributed by atoms with E-state index in [1.165, 1.54) is 43.2 Å². The molecule has 5 heteroatoms. The molecule has 2 N–H and O–H groups in total. The molecule has 0 radical (unpaired) electrons. The molecule has 1 aliphatic carbocycles. The summed E-state index contributed by atoms with van der Waals surface area (Å²) < 4.78 is 0. The predicted octanol–water partition coefficient (Wildman–Crippen LogP) is 3.24. The third-order valence-electron chi connectivity index (χ3n) is 5.59. The lowest BCUT2D eigenvalue weighted by Crippen LogP contribution is -2.44. The minimum Gasteiger partial charge on any atom is -0.357 e. The molecule has 27 heavy (non-hydrogen) atoms. The maximum atomic E-state index is 12.5. The number of nitrogens with zero attached hydrogens (tertiary/aromatic N) is 2. The van der Waals surface area contributed by atoms with E-state index in [4.69, 9.17) is 0 Å². The van der Waals surface area contributed by atoms with Gasteiger partial charge in [-0.05, 0) is 43.7 Å². The van der Waals surface area contributed by atoms with E-state index in [-0.39, 0.29) is 5.91 Å². The van der Waals surface area contributed by atoms with Crippen LogP contribution in [-0.4, -0.2) is 42.4 Å². The number of rotatable bonds is 6. The van der Waals surface area contributed by atoms with Crippen LogP contribution in [0.1, 0.15) is 63.0 Å². The molecule has 0 aromatic heterocycles. The van der Waals surface area contributed by atoms with Gasteiger partial charge in [0.1, 0.15) is 0 Å². The van der Waals surface area contributed by atoms with Gasteiger partial charge in [0.05, 0.1) is 0 Å². The molecular weight excluding hydrogens is 336 g/mol. The third kappa shape index (κ3) is 5.98. The van der Waals surface area contributed by atoms with E-state index in [1.54, 1.807) is 0 Å². The molecular formula is C22H34N4O. The van der Waals surface area contributed by atoms with Gasteiger partial charge < -0.3 is 15.5 Å². The average molecular weight is 371 g/mol. The van der Waals surface area contributed by atoms with E-state index in [9.17, 15) is 4.79 Å². The number of guanidine groups is 1. The van der Waals surface area contributed by atoms with Crippen molar-refractivity contribution >= 4 is 11.9 Å². The summed E-state index contributed by atoms with van der Waals surface area (Å²) in [6.07, 6.45) is 8.80. The van der Waals surface area contributed by atoms with Crippen LogP contribution in [0.2, 0.25) is 0 Å². The Hall–Kier alpha value is -2.04. The van der Waals surface area contributed by atoms with Crippen LogP contribution in [0.15, 0.2) is 29.3 Å². The van der Waals surface area contributed by atoms with Gasteiger partial charge in [-0.25, -0.2) is 0 Å². The zero-order valence-electron chi connectivity index (χ0n) is 16.7. The van der Waals surface area contributed by atoms with Gasteiger partial charge in [-0.3, -0.25) is 9.79 Å². The topological polar surface area (TPSA) is 56.7 Å². The predicted molar refractivity (Wildman–Crippen MR) is 111 cm³/mol. The Labute approximate surface area is 163 Å². The normalized spacial score (nSPS) is 18.1. The van der Waals surface area contributed by atoms with E-state index in [2.05, 4.69) is 46.8 Å². The summed E-state index contributed by atoms with van der Waals surface area (Å²) in [4.78, 5) is 19.2. The van der Waals surface area contributed by atoms with Crippen LogP contribution in [0.3, 0.4) is 0 Å². The second kappa shape index (κ2) is 10.3. The number of fused-ring (bicyclic) bond motifs is 1.